The molecule has 0 unspecified atom stereocenters. The second kappa shape index (κ2) is 13.0. The van der Waals surface area contributed by atoms with Gasteiger partial charge < -0.3 is 25.0 Å². The van der Waals surface area contributed by atoms with Crippen LogP contribution in [0.3, 0.4) is 0 Å². The molecule has 0 fully saturated rings. The van der Waals surface area contributed by atoms with Crippen LogP contribution in [0.4, 0.5) is 10.1 Å². The van der Waals surface area contributed by atoms with Crippen molar-refractivity contribution in [3.8, 4) is 17.6 Å². The van der Waals surface area contributed by atoms with Gasteiger partial charge in [-0.25, -0.2) is 4.39 Å². The Morgan fingerprint density at radius 1 is 1.05 bits per heavy atom. The Kier molecular flexibility index (Phi) is 9.06. The maximum absolute atomic E-state index is 14.6. The van der Waals surface area contributed by atoms with E-state index >= 15 is 0 Å². The van der Waals surface area contributed by atoms with Crippen molar-refractivity contribution in [1.29, 1.82) is 0 Å². The van der Waals surface area contributed by atoms with Gasteiger partial charge in [-0.1, -0.05) is 53.5 Å². The fourth-order valence-electron chi connectivity index (χ4n) is 3.66. The van der Waals surface area contributed by atoms with Crippen molar-refractivity contribution in [3.05, 3.63) is 113 Å². The number of ether oxygens (including phenoxy) is 1. The number of hydrogen-bond acceptors (Lipinski definition) is 6. The smallest absolute Gasteiger partial charge is 0.296 e. The Balaban J connectivity index is 1.31. The van der Waals surface area contributed by atoms with Gasteiger partial charge in [-0.15, -0.1) is 0 Å². The molecule has 0 aliphatic rings. The molecule has 8 nitrogen and oxygen atoms in total. The van der Waals surface area contributed by atoms with E-state index in [2.05, 4.69) is 27.6 Å². The summed E-state index contributed by atoms with van der Waals surface area (Å²) in [6.07, 6.45) is 0.197. The first-order valence-corrected chi connectivity index (χ1v) is 12.1. The highest BCUT2D eigenvalue weighted by atomic mass is 19.1. The molecule has 0 saturated heterocycles. The summed E-state index contributed by atoms with van der Waals surface area (Å²) in [5, 5.41) is 18.7. The fraction of sp³-hybridized carbons (Fsp3) is 0.167. The van der Waals surface area contributed by atoms with Crippen molar-refractivity contribution in [3.63, 3.8) is 0 Å². The lowest BCUT2D eigenvalue weighted by atomic mass is 10.1. The highest BCUT2D eigenvalue weighted by Gasteiger charge is 2.14. The van der Waals surface area contributed by atoms with Crippen molar-refractivity contribution in [2.75, 3.05) is 11.9 Å². The molecule has 39 heavy (non-hydrogen) atoms. The third kappa shape index (κ3) is 8.02. The van der Waals surface area contributed by atoms with Gasteiger partial charge in [0.15, 0.2) is 17.3 Å². The molecule has 0 aliphatic heterocycles. The lowest BCUT2D eigenvalue weighted by molar-refractivity contribution is -0.116. The van der Waals surface area contributed by atoms with Gasteiger partial charge in [0.25, 0.3) is 11.8 Å². The SMILES string of the molecule is Cc1cc(C(=O)Nc2cccc(C#CC(=O)N[C@H](CO)Cc3ccc(OCc4ccccc4)c(F)c3)c2)no1. The van der Waals surface area contributed by atoms with E-state index in [1.165, 1.54) is 18.2 Å². The number of nitrogens with zero attached hydrogens (tertiary/aromatic N) is 1. The summed E-state index contributed by atoms with van der Waals surface area (Å²) in [5.74, 6) is 4.27. The average Bonchev–Trinajstić information content (AvgIpc) is 3.38. The number of hydrogen-bond donors (Lipinski definition) is 3. The maximum Gasteiger partial charge on any atom is 0.296 e. The third-order valence-corrected chi connectivity index (χ3v) is 5.57. The zero-order valence-corrected chi connectivity index (χ0v) is 21.1. The Morgan fingerprint density at radius 3 is 2.59 bits per heavy atom. The molecule has 3 aromatic carbocycles. The molecule has 0 spiro atoms. The zero-order chi connectivity index (χ0) is 27.6. The van der Waals surface area contributed by atoms with E-state index in [0.717, 1.165) is 5.56 Å². The quantitative estimate of drug-likeness (QED) is 0.283. The molecule has 2 amide bonds. The molecule has 0 bridgehead atoms. The second-order valence-electron chi connectivity index (χ2n) is 8.70. The number of aliphatic hydroxyl groups is 1. The Morgan fingerprint density at radius 2 is 1.87 bits per heavy atom. The maximum atomic E-state index is 14.6. The number of amides is 2. The van der Waals surface area contributed by atoms with E-state index in [-0.39, 0.29) is 31.1 Å². The van der Waals surface area contributed by atoms with Gasteiger partial charge in [0.05, 0.1) is 12.6 Å². The van der Waals surface area contributed by atoms with Crippen LogP contribution < -0.4 is 15.4 Å². The number of benzene rings is 3. The van der Waals surface area contributed by atoms with Crippen LogP contribution in [-0.4, -0.2) is 34.7 Å². The third-order valence-electron chi connectivity index (χ3n) is 5.57. The van der Waals surface area contributed by atoms with Crippen LogP contribution in [-0.2, 0) is 17.8 Å². The number of rotatable bonds is 9. The normalized spacial score (nSPS) is 11.2. The molecule has 4 rings (SSSR count). The summed E-state index contributed by atoms with van der Waals surface area (Å²) in [6.45, 7) is 1.56. The lowest BCUT2D eigenvalue weighted by Crippen LogP contribution is -2.38. The van der Waals surface area contributed by atoms with E-state index in [1.807, 2.05) is 30.3 Å². The van der Waals surface area contributed by atoms with Gasteiger partial charge in [-0.3, -0.25) is 9.59 Å². The Hall–Kier alpha value is -4.94. The number of anilines is 1. The molecule has 1 heterocycles. The van der Waals surface area contributed by atoms with Crippen molar-refractivity contribution in [2.45, 2.75) is 26.0 Å². The molecule has 1 aromatic heterocycles. The van der Waals surface area contributed by atoms with Crippen LogP contribution in [0.15, 0.2) is 83.4 Å². The predicted octanol–water partition coefficient (Wildman–Crippen LogP) is 4.02. The van der Waals surface area contributed by atoms with Crippen molar-refractivity contribution >= 4 is 17.5 Å². The molecular formula is C30H26FN3O5. The highest BCUT2D eigenvalue weighted by Crippen LogP contribution is 2.20. The van der Waals surface area contributed by atoms with E-state index in [0.29, 0.717) is 22.6 Å². The summed E-state index contributed by atoms with van der Waals surface area (Å²) in [4.78, 5) is 24.6. The monoisotopic (exact) mass is 527 g/mol. The summed E-state index contributed by atoms with van der Waals surface area (Å²) in [5.41, 5.74) is 2.61. The molecular weight excluding hydrogens is 501 g/mol. The van der Waals surface area contributed by atoms with Crippen molar-refractivity contribution in [2.24, 2.45) is 0 Å². The largest absolute Gasteiger partial charge is 0.486 e. The summed E-state index contributed by atoms with van der Waals surface area (Å²) < 4.78 is 25.0. The van der Waals surface area contributed by atoms with Crippen molar-refractivity contribution < 1.29 is 28.3 Å². The number of aliphatic hydroxyl groups excluding tert-OH is 1. The second-order valence-corrected chi connectivity index (χ2v) is 8.70. The molecule has 198 valence electrons. The van der Waals surface area contributed by atoms with Crippen LogP contribution in [0.1, 0.15) is 32.9 Å². The molecule has 1 atom stereocenters. The summed E-state index contributed by atoms with van der Waals surface area (Å²) in [7, 11) is 0. The van der Waals surface area contributed by atoms with Crippen LogP contribution in [0, 0.1) is 24.6 Å². The number of carbonyl (C=O) groups excluding carboxylic acids is 2. The first-order valence-electron chi connectivity index (χ1n) is 12.1. The van der Waals surface area contributed by atoms with Gasteiger partial charge in [0.2, 0.25) is 0 Å². The standard InChI is InChI=1S/C30H26FN3O5/c1-20-14-27(34-39-20)30(37)33-24-9-5-8-21(15-24)11-13-29(36)32-25(18-35)16-23-10-12-28(26(31)17-23)38-19-22-6-3-2-4-7-22/h2-10,12,14-15,17,25,35H,16,18-19H2,1H3,(H,32,36)(H,33,37)/t25-/m0/s1. The van der Waals surface area contributed by atoms with Gasteiger partial charge >= 0.3 is 0 Å². The lowest BCUT2D eigenvalue weighted by Gasteiger charge is -2.15. The van der Waals surface area contributed by atoms with Gasteiger partial charge in [-0.2, -0.15) is 0 Å². The summed E-state index contributed by atoms with van der Waals surface area (Å²) in [6, 6.07) is 21.5. The topological polar surface area (TPSA) is 114 Å². The summed E-state index contributed by atoms with van der Waals surface area (Å²) >= 11 is 0. The van der Waals surface area contributed by atoms with Crippen LogP contribution in [0.2, 0.25) is 0 Å². The molecule has 0 aliphatic carbocycles. The minimum atomic E-state index is -0.668. The van der Waals surface area contributed by atoms with Crippen LogP contribution >= 0.6 is 0 Å². The first-order chi connectivity index (χ1) is 18.9. The number of nitrogens with one attached hydrogen (secondary N) is 2. The minimum Gasteiger partial charge on any atom is -0.486 e. The van der Waals surface area contributed by atoms with E-state index in [4.69, 9.17) is 9.26 Å². The number of halogens is 1. The highest BCUT2D eigenvalue weighted by molar-refractivity contribution is 6.03. The Bertz CT molecular complexity index is 1510. The van der Waals surface area contributed by atoms with Gasteiger partial charge in [0, 0.05) is 23.2 Å². The van der Waals surface area contributed by atoms with Gasteiger partial charge in [-0.05, 0) is 54.8 Å². The number of aromatic nitrogens is 1. The predicted molar refractivity (Wildman–Crippen MR) is 142 cm³/mol. The van der Waals surface area contributed by atoms with E-state index < -0.39 is 23.7 Å². The van der Waals surface area contributed by atoms with Crippen molar-refractivity contribution in [1.82, 2.24) is 10.5 Å². The first kappa shape index (κ1) is 27.1. The molecule has 0 radical (unpaired) electrons. The Labute approximate surface area is 224 Å². The fourth-order valence-corrected chi connectivity index (χ4v) is 3.66. The van der Waals surface area contributed by atoms with E-state index in [1.54, 1.807) is 37.3 Å². The minimum absolute atomic E-state index is 0.118. The van der Waals surface area contributed by atoms with Crippen LogP contribution in [0.25, 0.3) is 0 Å². The zero-order valence-electron chi connectivity index (χ0n) is 21.1. The average molecular weight is 528 g/mol. The molecule has 9 heteroatoms. The van der Waals surface area contributed by atoms with Gasteiger partial charge in [0.1, 0.15) is 12.4 Å². The van der Waals surface area contributed by atoms with Crippen LogP contribution in [0.5, 0.6) is 5.75 Å². The molecule has 3 N–H and O–H groups in total. The van der Waals surface area contributed by atoms with E-state index in [9.17, 15) is 19.1 Å². The number of carbonyl (C=O) groups is 2. The molecule has 4 aromatic rings. The molecule has 0 saturated carbocycles. The number of aryl methyl sites for hydroxylation is 1.